The lowest BCUT2D eigenvalue weighted by Gasteiger charge is -2.37. The third kappa shape index (κ3) is 25.3. The number of primary amides is 3. The Morgan fingerprint density at radius 2 is 0.748 bits per heavy atom. The maximum atomic E-state index is 13.1. The van der Waals surface area contributed by atoms with Gasteiger partial charge in [0.2, 0.25) is 5.96 Å². The molecule has 4 aromatic heterocycles. The van der Waals surface area contributed by atoms with Gasteiger partial charge in [0.1, 0.15) is 92.5 Å². The van der Waals surface area contributed by atoms with Gasteiger partial charge in [-0.15, -0.1) is 0 Å². The summed E-state index contributed by atoms with van der Waals surface area (Å²) in [6, 6.07) is 51.8. The van der Waals surface area contributed by atoms with Crippen molar-refractivity contribution in [1.82, 2.24) is 39.8 Å². The number of nitrogens with zero attached hydrogens (tertiary/aromatic N) is 10. The Hall–Kier alpha value is -13.9. The number of carbonyl (C=O) groups is 5. The van der Waals surface area contributed by atoms with Crippen LogP contribution in [0.1, 0.15) is 98.7 Å². The lowest BCUT2D eigenvalue weighted by molar-refractivity contribution is -0.153. The van der Waals surface area contributed by atoms with Crippen LogP contribution < -0.4 is 57.2 Å². The number of piperazine rings is 2. The molecule has 0 saturated carbocycles. The van der Waals surface area contributed by atoms with Crippen LogP contribution in [0.15, 0.2) is 200 Å². The number of pyridine rings is 3. The molecule has 31 heteroatoms. The van der Waals surface area contributed by atoms with E-state index in [9.17, 15) is 37.1 Å². The van der Waals surface area contributed by atoms with E-state index < -0.39 is 41.0 Å². The van der Waals surface area contributed by atoms with Gasteiger partial charge in [-0.05, 0) is 249 Å². The minimum absolute atomic E-state index is 0.0563. The quantitative estimate of drug-likeness (QED) is 0.0238. The first-order valence-corrected chi connectivity index (χ1v) is 36.9. The second kappa shape index (κ2) is 38.4. The lowest BCUT2D eigenvalue weighted by Crippen LogP contribution is -2.50. The Kier molecular flexibility index (Phi) is 27.9. The number of nitrogens with one attached hydrogen (secondary N) is 4. The van der Waals surface area contributed by atoms with Crippen molar-refractivity contribution in [1.29, 1.82) is 16.2 Å². The van der Waals surface area contributed by atoms with Crippen molar-refractivity contribution < 1.29 is 60.8 Å². The molecule has 0 radical (unpaired) electrons. The van der Waals surface area contributed by atoms with Crippen molar-refractivity contribution in [3.63, 3.8) is 0 Å². The zero-order chi connectivity index (χ0) is 82.5. The van der Waals surface area contributed by atoms with E-state index in [1.165, 1.54) is 53.7 Å². The monoisotopic (exact) mass is 1570 g/mol. The molecule has 115 heavy (non-hydrogen) atoms. The fraction of sp³-hybridized carbons (Fsp3) is 0.262. The van der Waals surface area contributed by atoms with Gasteiger partial charge >= 0.3 is 12.1 Å². The Bertz CT molecular complexity index is 5030. The molecular weight excluding hydrogens is 1480 g/mol. The summed E-state index contributed by atoms with van der Waals surface area (Å²) in [5, 5.41) is 29.4. The fourth-order valence-electron chi connectivity index (χ4n) is 12.0. The van der Waals surface area contributed by atoms with E-state index in [4.69, 9.17) is 62.8 Å². The Balaban J connectivity index is 0.000000169. The molecular formula is C84H91F3N18O10. The largest absolute Gasteiger partial charge is 0.460 e. The molecule has 6 aromatic carbocycles. The summed E-state index contributed by atoms with van der Waals surface area (Å²) < 4.78 is 68.0. The lowest BCUT2D eigenvalue weighted by atomic mass is 10.1. The molecule has 3 aliphatic heterocycles. The first-order valence-electron chi connectivity index (χ1n) is 36.9. The number of hydrogen-bond donors (Lipinski definition) is 8. The Labute approximate surface area is 663 Å². The highest BCUT2D eigenvalue weighted by Crippen LogP contribution is 2.34. The van der Waals surface area contributed by atoms with Crippen LogP contribution in [-0.4, -0.2) is 159 Å². The van der Waals surface area contributed by atoms with Crippen LogP contribution in [0, 0.1) is 33.7 Å². The number of guanidine groups is 1. The van der Waals surface area contributed by atoms with E-state index in [1.54, 1.807) is 138 Å². The number of ether oxygens (including phenoxy) is 5. The number of anilines is 3. The number of amidine groups is 1. The van der Waals surface area contributed by atoms with Crippen LogP contribution >= 0.6 is 0 Å². The molecule has 0 spiro atoms. The van der Waals surface area contributed by atoms with Crippen LogP contribution in [0.25, 0.3) is 33.8 Å². The first kappa shape index (κ1) is 83.6. The van der Waals surface area contributed by atoms with E-state index in [2.05, 4.69) is 40.1 Å². The molecule has 13 rings (SSSR count). The summed E-state index contributed by atoms with van der Waals surface area (Å²) in [6.07, 6.45) is 5.84. The van der Waals surface area contributed by atoms with E-state index in [0.717, 1.165) is 59.7 Å². The Morgan fingerprint density at radius 3 is 1.05 bits per heavy atom. The third-order valence-electron chi connectivity index (χ3n) is 17.6. The van der Waals surface area contributed by atoms with Crippen LogP contribution in [0.3, 0.4) is 0 Å². The SMILES string of the molecule is CC(C)(C)OC(=O)CC(=N)N1CCN(c2cc(C(N)=O)nc(-c3ccc(Oc4ccc(F)cc4)cc3)c2)CC1.CC(C)(C)OC(=O)NC(=N)n1cccn1.N=C(N)N1CCN(c2cc(C(N)=O)nc(-c3ccc(Oc4ccc(F)cc4)cc3)c2)CC1.NC(=O)c1cc(N2CCCCC2)cc(-c2ccc(Oc3ccc(F)cc3)cc2)n1. The van der Waals surface area contributed by atoms with E-state index in [-0.39, 0.29) is 58.7 Å². The Morgan fingerprint density at radius 1 is 0.426 bits per heavy atom. The average molecular weight is 1570 g/mol. The van der Waals surface area contributed by atoms with Crippen molar-refractivity contribution in [2.45, 2.75) is 78.4 Å². The number of benzene rings is 6. The summed E-state index contributed by atoms with van der Waals surface area (Å²) in [5.74, 6) is 0.346. The first-order chi connectivity index (χ1) is 54.8. The van der Waals surface area contributed by atoms with Gasteiger partial charge in [0.05, 0.1) is 17.1 Å². The van der Waals surface area contributed by atoms with Crippen molar-refractivity contribution in [2.24, 2.45) is 22.9 Å². The number of amides is 4. The molecule has 10 aromatic rings. The van der Waals surface area contributed by atoms with Crippen LogP contribution in [0.4, 0.5) is 35.0 Å². The van der Waals surface area contributed by atoms with Gasteiger partial charge in [-0.1, -0.05) is 0 Å². The molecule has 3 fully saturated rings. The zero-order valence-corrected chi connectivity index (χ0v) is 64.4. The summed E-state index contributed by atoms with van der Waals surface area (Å²) in [7, 11) is 0. The molecule has 3 aliphatic rings. The van der Waals surface area contributed by atoms with Gasteiger partial charge in [0, 0.05) is 112 Å². The average Bonchev–Trinajstić information content (AvgIpc) is 1.56. The summed E-state index contributed by atoms with van der Waals surface area (Å²) in [5.41, 5.74) is 28.5. The number of hydrogen-bond acceptors (Lipinski definition) is 20. The highest BCUT2D eigenvalue weighted by molar-refractivity contribution is 5.97. The van der Waals surface area contributed by atoms with Crippen LogP contribution in [0.2, 0.25) is 0 Å². The number of piperidine rings is 1. The molecule has 12 N–H and O–H groups in total. The molecule has 0 aliphatic carbocycles. The third-order valence-corrected chi connectivity index (χ3v) is 17.6. The molecule has 4 amide bonds. The maximum absolute atomic E-state index is 13.1. The van der Waals surface area contributed by atoms with E-state index >= 15 is 0 Å². The second-order valence-electron chi connectivity index (χ2n) is 28.6. The minimum atomic E-state index is -0.664. The van der Waals surface area contributed by atoms with Crippen LogP contribution in [-0.2, 0) is 14.3 Å². The predicted molar refractivity (Wildman–Crippen MR) is 432 cm³/mol. The van der Waals surface area contributed by atoms with E-state index in [0.29, 0.717) is 104 Å². The van der Waals surface area contributed by atoms with Gasteiger partial charge in [0.15, 0.2) is 5.96 Å². The fourth-order valence-corrected chi connectivity index (χ4v) is 12.0. The highest BCUT2D eigenvalue weighted by Gasteiger charge is 2.27. The van der Waals surface area contributed by atoms with Gasteiger partial charge in [-0.3, -0.25) is 40.7 Å². The predicted octanol–water partition coefficient (Wildman–Crippen LogP) is 13.4. The number of halogens is 3. The maximum Gasteiger partial charge on any atom is 0.414 e. The van der Waals surface area contributed by atoms with Gasteiger partial charge in [-0.2, -0.15) is 5.10 Å². The van der Waals surface area contributed by atoms with Gasteiger partial charge in [0.25, 0.3) is 17.7 Å². The normalized spacial score (nSPS) is 13.3. The summed E-state index contributed by atoms with van der Waals surface area (Å²) in [6.45, 7) is 17.4. The molecule has 0 unspecified atom stereocenters. The van der Waals surface area contributed by atoms with E-state index in [1.807, 2.05) is 71.6 Å². The summed E-state index contributed by atoms with van der Waals surface area (Å²) in [4.78, 5) is 82.6. The number of carbonyl (C=O) groups excluding carboxylic acids is 5. The molecule has 28 nitrogen and oxygen atoms in total. The van der Waals surface area contributed by atoms with Crippen LogP contribution in [0.5, 0.6) is 34.5 Å². The van der Waals surface area contributed by atoms with Crippen molar-refractivity contribution in [3.8, 4) is 68.3 Å². The minimum Gasteiger partial charge on any atom is -0.460 e. The van der Waals surface area contributed by atoms with Crippen molar-refractivity contribution in [2.75, 3.05) is 80.1 Å². The highest BCUT2D eigenvalue weighted by atomic mass is 19.1. The number of rotatable bonds is 17. The summed E-state index contributed by atoms with van der Waals surface area (Å²) >= 11 is 0. The molecule has 7 heterocycles. The zero-order valence-electron chi connectivity index (χ0n) is 64.4. The number of aromatic nitrogens is 5. The van der Waals surface area contributed by atoms with Crippen molar-refractivity contribution >= 4 is 64.6 Å². The topological polar surface area (TPSA) is 392 Å². The molecule has 0 bridgehead atoms. The number of esters is 1. The van der Waals surface area contributed by atoms with Gasteiger partial charge in [-0.25, -0.2) is 37.6 Å². The standard InChI is InChI=1S/C29H32FN5O4.C23H23FN6O2.C23H22FN3O2.C9H14N4O2/c1-29(2,3)39-27(36)18-26(31)35-14-12-34(13-15-35)21-16-24(33-25(17-21)28(32)37)19-4-8-22(9-5-19)38-23-10-6-20(30)7-11-23;24-16-3-7-19(8-4-16)32-18-5-1-15(2-6-18)20-13-17(14-21(28-20)22(25)31)29-9-11-30(12-10-29)23(26)27;24-17-6-10-20(11-7-17)29-19-8-4-16(5-9-19)21-14-18(15-22(26-21)23(25)28)27-12-2-1-3-13-27;1-9(2,3)15-8(14)12-7(10)13-6-4-5-11-13/h4-11,16-17,31H,12-15,18H2,1-3H3,(H2,32,37);1-8,13-14H,9-12H2,(H2,25,31)(H3,26,27);4-11,14-15H,1-3,12-13H2,(H2,25,28);4-6H,1-3H3,(H2,10,12,14). The molecule has 0 atom stereocenters. The second-order valence-corrected chi connectivity index (χ2v) is 28.6. The number of alkyl carbamates (subject to hydrolysis) is 1. The van der Waals surface area contributed by atoms with Crippen molar-refractivity contribution in [3.05, 3.63) is 235 Å². The molecule has 598 valence electrons. The molecule has 3 saturated heterocycles. The smallest absolute Gasteiger partial charge is 0.414 e. The van der Waals surface area contributed by atoms with Gasteiger partial charge < -0.3 is 71.1 Å². The number of nitrogens with two attached hydrogens (primary N) is 4.